The van der Waals surface area contributed by atoms with E-state index < -0.39 is 0 Å². The van der Waals surface area contributed by atoms with Crippen LogP contribution in [0, 0.1) is 0 Å². The van der Waals surface area contributed by atoms with Crippen LogP contribution in [-0.4, -0.2) is 23.0 Å². The fourth-order valence-corrected chi connectivity index (χ4v) is 5.29. The maximum atomic E-state index is 13.4. The fourth-order valence-electron chi connectivity index (χ4n) is 3.55. The Kier molecular flexibility index (Phi) is 8.55. The molecular weight excluding hydrogens is 677 g/mol. The van der Waals surface area contributed by atoms with Crippen molar-refractivity contribution < 1.29 is 9.47 Å². The minimum absolute atomic E-state index is 0.0396. The van der Waals surface area contributed by atoms with E-state index in [1.807, 2.05) is 44.2 Å². The normalized spacial score (nSPS) is 11.6. The van der Waals surface area contributed by atoms with Crippen LogP contribution in [0.3, 0.4) is 0 Å². The van der Waals surface area contributed by atoms with Gasteiger partial charge in [-0.3, -0.25) is 4.79 Å². The summed E-state index contributed by atoms with van der Waals surface area (Å²) in [6.07, 6.45) is 1.54. The SMILES string of the molecule is COc1cc(Cl)cc(C=Nn2c(C(C)C)nc3ccc(Br)cc3c2=O)c1OCc1ccc(Br)cc1Br. The maximum absolute atomic E-state index is 13.4. The van der Waals surface area contributed by atoms with E-state index in [9.17, 15) is 4.79 Å². The van der Waals surface area contributed by atoms with E-state index >= 15 is 0 Å². The smallest absolute Gasteiger partial charge is 0.282 e. The van der Waals surface area contributed by atoms with E-state index in [2.05, 4.69) is 52.9 Å². The van der Waals surface area contributed by atoms with Gasteiger partial charge in [0.05, 0.1) is 24.2 Å². The van der Waals surface area contributed by atoms with E-state index in [1.54, 1.807) is 31.5 Å². The van der Waals surface area contributed by atoms with E-state index in [4.69, 9.17) is 26.1 Å². The molecule has 0 bridgehead atoms. The van der Waals surface area contributed by atoms with Crippen LogP contribution in [0.25, 0.3) is 10.9 Å². The summed E-state index contributed by atoms with van der Waals surface area (Å²) < 4.78 is 15.7. The van der Waals surface area contributed by atoms with Crippen LogP contribution in [0.1, 0.15) is 36.7 Å². The molecule has 0 aliphatic rings. The molecule has 0 aliphatic carbocycles. The zero-order valence-electron chi connectivity index (χ0n) is 19.6. The van der Waals surface area contributed by atoms with Crippen molar-refractivity contribution in [2.45, 2.75) is 26.4 Å². The number of ether oxygens (including phenoxy) is 2. The predicted molar refractivity (Wildman–Crippen MR) is 155 cm³/mol. The highest BCUT2D eigenvalue weighted by Crippen LogP contribution is 2.35. The summed E-state index contributed by atoms with van der Waals surface area (Å²) in [6, 6.07) is 14.6. The van der Waals surface area contributed by atoms with Crippen LogP contribution < -0.4 is 15.0 Å². The monoisotopic (exact) mass is 695 g/mol. The first-order valence-electron chi connectivity index (χ1n) is 10.9. The number of nitrogens with zero attached hydrogens (tertiary/aromatic N) is 3. The van der Waals surface area contributed by atoms with Gasteiger partial charge in [0, 0.05) is 41.6 Å². The van der Waals surface area contributed by atoms with Crippen molar-refractivity contribution in [3.05, 3.63) is 94.3 Å². The highest BCUT2D eigenvalue weighted by molar-refractivity contribution is 9.11. The topological polar surface area (TPSA) is 65.7 Å². The Morgan fingerprint density at radius 2 is 1.81 bits per heavy atom. The molecule has 1 aromatic heterocycles. The van der Waals surface area contributed by atoms with Crippen molar-refractivity contribution in [2.75, 3.05) is 7.11 Å². The third kappa shape index (κ3) is 5.85. The van der Waals surface area contributed by atoms with Gasteiger partial charge < -0.3 is 9.47 Å². The van der Waals surface area contributed by atoms with Crippen LogP contribution in [0.4, 0.5) is 0 Å². The molecule has 10 heteroatoms. The summed E-state index contributed by atoms with van der Waals surface area (Å²) in [5.74, 6) is 1.41. The Morgan fingerprint density at radius 3 is 2.50 bits per heavy atom. The zero-order chi connectivity index (χ0) is 26.0. The number of aromatic nitrogens is 2. The molecule has 0 unspecified atom stereocenters. The van der Waals surface area contributed by atoms with Crippen LogP contribution >= 0.6 is 59.4 Å². The van der Waals surface area contributed by atoms with Crippen LogP contribution in [0.5, 0.6) is 11.5 Å². The second-order valence-corrected chi connectivity index (χ2v) is 11.3. The standard InChI is InChI=1S/C26H21Br3ClN3O3/c1-14(2)25-32-22-7-6-17(27)9-20(22)26(34)33(25)31-12-16-8-19(30)11-23(35-3)24(16)36-13-15-4-5-18(28)10-21(15)29/h4-12,14H,13H2,1-3H3. The number of benzene rings is 3. The molecule has 0 N–H and O–H groups in total. The molecule has 0 amide bonds. The molecule has 1 heterocycles. The molecular formula is C26H21Br3ClN3O3. The van der Waals surface area contributed by atoms with Crippen molar-refractivity contribution >= 4 is 76.5 Å². The Hall–Kier alpha value is -2.20. The van der Waals surface area contributed by atoms with Crippen molar-refractivity contribution in [2.24, 2.45) is 5.10 Å². The molecule has 4 rings (SSSR count). The largest absolute Gasteiger partial charge is 0.493 e. The second kappa shape index (κ2) is 11.5. The molecule has 0 saturated heterocycles. The van der Waals surface area contributed by atoms with E-state index in [1.165, 1.54) is 4.68 Å². The number of fused-ring (bicyclic) bond motifs is 1. The first kappa shape index (κ1) is 26.9. The van der Waals surface area contributed by atoms with Gasteiger partial charge in [-0.25, -0.2) is 4.98 Å². The molecule has 36 heavy (non-hydrogen) atoms. The summed E-state index contributed by atoms with van der Waals surface area (Å²) in [4.78, 5) is 18.1. The molecule has 0 spiro atoms. The maximum Gasteiger partial charge on any atom is 0.282 e. The van der Waals surface area contributed by atoms with Crippen LogP contribution in [0.15, 0.2) is 71.8 Å². The Balaban J connectivity index is 1.79. The number of hydrogen-bond donors (Lipinski definition) is 0. The molecule has 4 aromatic rings. The average molecular weight is 699 g/mol. The summed E-state index contributed by atoms with van der Waals surface area (Å²) in [7, 11) is 1.54. The fraction of sp³-hybridized carbons (Fsp3) is 0.192. The van der Waals surface area contributed by atoms with Gasteiger partial charge in [-0.05, 0) is 36.4 Å². The lowest BCUT2D eigenvalue weighted by atomic mass is 10.2. The molecule has 0 aliphatic heterocycles. The van der Waals surface area contributed by atoms with Crippen LogP contribution in [-0.2, 0) is 6.61 Å². The molecule has 186 valence electrons. The third-order valence-corrected chi connectivity index (χ3v) is 7.26. The van der Waals surface area contributed by atoms with E-state index in [0.29, 0.717) is 38.8 Å². The van der Waals surface area contributed by atoms with Gasteiger partial charge in [0.25, 0.3) is 5.56 Å². The zero-order valence-corrected chi connectivity index (χ0v) is 25.1. The van der Waals surface area contributed by atoms with Gasteiger partial charge in [-0.2, -0.15) is 9.78 Å². The summed E-state index contributed by atoms with van der Waals surface area (Å²) in [6.45, 7) is 4.20. The van der Waals surface area contributed by atoms with Crippen molar-refractivity contribution in [3.8, 4) is 11.5 Å². The molecule has 0 atom stereocenters. The molecule has 6 nitrogen and oxygen atoms in total. The number of methoxy groups -OCH3 is 1. The Labute approximate surface area is 238 Å². The Bertz CT molecular complexity index is 1540. The predicted octanol–water partition coefficient (Wildman–Crippen LogP) is 7.93. The summed E-state index contributed by atoms with van der Waals surface area (Å²) in [5, 5.41) is 5.44. The van der Waals surface area contributed by atoms with E-state index in [0.717, 1.165) is 19.0 Å². The minimum Gasteiger partial charge on any atom is -0.493 e. The highest BCUT2D eigenvalue weighted by Gasteiger charge is 2.16. The molecule has 0 radical (unpaired) electrons. The highest BCUT2D eigenvalue weighted by atomic mass is 79.9. The van der Waals surface area contributed by atoms with Gasteiger partial charge in [0.2, 0.25) is 0 Å². The summed E-state index contributed by atoms with van der Waals surface area (Å²) in [5.41, 5.74) is 1.85. The van der Waals surface area contributed by atoms with Gasteiger partial charge in [0.15, 0.2) is 11.5 Å². The van der Waals surface area contributed by atoms with Crippen molar-refractivity contribution in [1.82, 2.24) is 9.66 Å². The minimum atomic E-state index is -0.267. The lowest BCUT2D eigenvalue weighted by molar-refractivity contribution is 0.283. The number of hydrogen-bond acceptors (Lipinski definition) is 5. The molecule has 3 aromatic carbocycles. The van der Waals surface area contributed by atoms with Gasteiger partial charge >= 0.3 is 0 Å². The Morgan fingerprint density at radius 1 is 1.08 bits per heavy atom. The van der Waals surface area contributed by atoms with Gasteiger partial charge in [-0.1, -0.05) is 79.3 Å². The lowest BCUT2D eigenvalue weighted by Crippen LogP contribution is -2.23. The van der Waals surface area contributed by atoms with E-state index in [-0.39, 0.29) is 18.1 Å². The first-order chi connectivity index (χ1) is 17.2. The molecule has 0 fully saturated rings. The van der Waals surface area contributed by atoms with Crippen molar-refractivity contribution in [3.63, 3.8) is 0 Å². The lowest BCUT2D eigenvalue weighted by Gasteiger charge is -2.15. The molecule has 0 saturated carbocycles. The van der Waals surface area contributed by atoms with Crippen LogP contribution in [0.2, 0.25) is 5.02 Å². The van der Waals surface area contributed by atoms with Crippen molar-refractivity contribution in [1.29, 1.82) is 0 Å². The quantitative estimate of drug-likeness (QED) is 0.184. The number of halogens is 4. The third-order valence-electron chi connectivity index (χ3n) is 5.32. The first-order valence-corrected chi connectivity index (χ1v) is 13.6. The second-order valence-electron chi connectivity index (χ2n) is 8.20. The summed E-state index contributed by atoms with van der Waals surface area (Å²) >= 11 is 16.8. The average Bonchev–Trinajstić information content (AvgIpc) is 2.83. The van der Waals surface area contributed by atoms with Gasteiger partial charge in [-0.15, -0.1) is 0 Å². The van der Waals surface area contributed by atoms with Gasteiger partial charge in [0.1, 0.15) is 12.4 Å². The number of rotatable bonds is 7.